The molecule has 34 heavy (non-hydrogen) atoms. The van der Waals surface area contributed by atoms with Gasteiger partial charge in [0.2, 0.25) is 5.91 Å². The number of rotatable bonds is 4. The van der Waals surface area contributed by atoms with Crippen molar-refractivity contribution in [3.05, 3.63) is 100 Å². The van der Waals surface area contributed by atoms with Gasteiger partial charge in [0.15, 0.2) is 0 Å². The number of benzene rings is 3. The van der Waals surface area contributed by atoms with E-state index < -0.39 is 5.41 Å². The Kier molecular flexibility index (Phi) is 5.22. The number of likely N-dealkylation sites (tertiary alicyclic amines) is 1. The first-order valence-corrected chi connectivity index (χ1v) is 12.5. The number of amides is 2. The van der Waals surface area contributed by atoms with E-state index in [1.165, 1.54) is 6.42 Å². The predicted molar refractivity (Wildman–Crippen MR) is 134 cm³/mol. The third kappa shape index (κ3) is 3.43. The second kappa shape index (κ2) is 8.28. The Morgan fingerprint density at radius 1 is 0.941 bits per heavy atom. The molecule has 0 unspecified atom stereocenters. The number of hydrogen-bond donors (Lipinski definition) is 0. The Hall–Kier alpha value is -3.11. The summed E-state index contributed by atoms with van der Waals surface area (Å²) in [7, 11) is 0. The summed E-state index contributed by atoms with van der Waals surface area (Å²) >= 11 is 6.09. The molecule has 1 aliphatic carbocycles. The van der Waals surface area contributed by atoms with Gasteiger partial charge in [-0.15, -0.1) is 0 Å². The Bertz CT molecular complexity index is 1270. The van der Waals surface area contributed by atoms with Crippen molar-refractivity contribution in [2.45, 2.75) is 43.6 Å². The van der Waals surface area contributed by atoms with Crippen molar-refractivity contribution in [3.8, 4) is 0 Å². The first-order chi connectivity index (χ1) is 16.6. The molecule has 1 spiro atoms. The number of carbonyl (C=O) groups is 2. The molecule has 0 bridgehead atoms. The van der Waals surface area contributed by atoms with Gasteiger partial charge in [0.1, 0.15) is 0 Å². The predicted octanol–water partition coefficient (Wildman–Crippen LogP) is 5.94. The third-order valence-electron chi connectivity index (χ3n) is 7.69. The molecule has 0 N–H and O–H groups in total. The van der Waals surface area contributed by atoms with E-state index in [-0.39, 0.29) is 17.7 Å². The van der Waals surface area contributed by atoms with Crippen molar-refractivity contribution in [3.63, 3.8) is 0 Å². The third-order valence-corrected chi connectivity index (χ3v) is 7.95. The van der Waals surface area contributed by atoms with E-state index in [0.29, 0.717) is 17.1 Å². The highest BCUT2D eigenvalue weighted by atomic mass is 35.5. The number of piperidine rings is 1. The molecule has 0 radical (unpaired) electrons. The largest absolute Gasteiger partial charge is 0.339 e. The van der Waals surface area contributed by atoms with Crippen molar-refractivity contribution < 1.29 is 9.59 Å². The van der Waals surface area contributed by atoms with E-state index in [2.05, 4.69) is 6.07 Å². The van der Waals surface area contributed by atoms with Crippen LogP contribution in [0.1, 0.15) is 58.6 Å². The summed E-state index contributed by atoms with van der Waals surface area (Å²) in [6.07, 6.45) is 4.15. The van der Waals surface area contributed by atoms with Crippen LogP contribution < -0.4 is 4.90 Å². The first kappa shape index (κ1) is 21.4. The van der Waals surface area contributed by atoms with Crippen molar-refractivity contribution >= 4 is 29.1 Å². The minimum Gasteiger partial charge on any atom is -0.339 e. The fourth-order valence-corrected chi connectivity index (χ4v) is 5.99. The average molecular weight is 471 g/mol. The maximum atomic E-state index is 13.9. The average Bonchev–Trinajstić information content (AvgIpc) is 3.59. The second-order valence-corrected chi connectivity index (χ2v) is 10.2. The van der Waals surface area contributed by atoms with E-state index in [1.54, 1.807) is 0 Å². The number of anilines is 1. The van der Waals surface area contributed by atoms with Crippen LogP contribution in [0.15, 0.2) is 72.8 Å². The number of fused-ring (bicyclic) bond motifs is 2. The summed E-state index contributed by atoms with van der Waals surface area (Å²) in [6, 6.07) is 23.8. The summed E-state index contributed by atoms with van der Waals surface area (Å²) < 4.78 is 0. The van der Waals surface area contributed by atoms with Crippen LogP contribution in [0.4, 0.5) is 5.69 Å². The van der Waals surface area contributed by atoms with Crippen molar-refractivity contribution in [1.29, 1.82) is 0 Å². The smallest absolute Gasteiger partial charge is 0.253 e. The highest BCUT2D eigenvalue weighted by molar-refractivity contribution is 6.30. The quantitative estimate of drug-likeness (QED) is 0.473. The van der Waals surface area contributed by atoms with Crippen LogP contribution in [0.5, 0.6) is 0 Å². The Morgan fingerprint density at radius 3 is 2.50 bits per heavy atom. The van der Waals surface area contributed by atoms with E-state index in [4.69, 9.17) is 11.6 Å². The second-order valence-electron chi connectivity index (χ2n) is 9.74. The molecule has 3 aromatic carbocycles. The van der Waals surface area contributed by atoms with Gasteiger partial charge in [0, 0.05) is 35.3 Å². The lowest BCUT2D eigenvalue weighted by Crippen LogP contribution is -2.35. The Balaban J connectivity index is 1.28. The molecule has 2 aliphatic heterocycles. The first-order valence-electron chi connectivity index (χ1n) is 12.1. The van der Waals surface area contributed by atoms with Gasteiger partial charge in [-0.25, -0.2) is 0 Å². The minimum atomic E-state index is -0.494. The molecule has 1 saturated carbocycles. The zero-order valence-electron chi connectivity index (χ0n) is 19.0. The lowest BCUT2D eigenvalue weighted by molar-refractivity contribution is -0.120. The number of hydrogen-bond acceptors (Lipinski definition) is 2. The van der Waals surface area contributed by atoms with Crippen LogP contribution in [0.3, 0.4) is 0 Å². The van der Waals surface area contributed by atoms with Crippen molar-refractivity contribution in [1.82, 2.24) is 4.90 Å². The van der Waals surface area contributed by atoms with Gasteiger partial charge in [-0.3, -0.25) is 9.59 Å². The van der Waals surface area contributed by atoms with E-state index >= 15 is 0 Å². The SMILES string of the molecule is O=C(c1cccc(CN2C(=O)[C@@]3(C[C@H]3c3ccc(Cl)cc3)c3ccccc32)c1)N1CCCCC1. The van der Waals surface area contributed by atoms with Gasteiger partial charge < -0.3 is 9.80 Å². The van der Waals surface area contributed by atoms with Gasteiger partial charge >= 0.3 is 0 Å². The van der Waals surface area contributed by atoms with Gasteiger partial charge in [0.05, 0.1) is 12.0 Å². The maximum absolute atomic E-state index is 13.9. The molecule has 2 heterocycles. The van der Waals surface area contributed by atoms with Crippen LogP contribution in [0.25, 0.3) is 0 Å². The molecule has 6 rings (SSSR count). The molecule has 2 amide bonds. The number of halogens is 1. The molecular weight excluding hydrogens is 444 g/mol. The molecule has 5 heteroatoms. The normalized spacial score (nSPS) is 23.3. The fourth-order valence-electron chi connectivity index (χ4n) is 5.87. The summed E-state index contributed by atoms with van der Waals surface area (Å²) in [6.45, 7) is 2.12. The summed E-state index contributed by atoms with van der Waals surface area (Å²) in [5.41, 5.74) is 4.44. The van der Waals surface area contributed by atoms with Gasteiger partial charge in [-0.05, 0) is 72.7 Å². The zero-order valence-corrected chi connectivity index (χ0v) is 19.8. The summed E-state index contributed by atoms with van der Waals surface area (Å²) in [4.78, 5) is 30.8. The molecule has 0 aromatic heterocycles. The van der Waals surface area contributed by atoms with Crippen molar-refractivity contribution in [2.24, 2.45) is 0 Å². The number of nitrogens with zero attached hydrogens (tertiary/aromatic N) is 2. The van der Waals surface area contributed by atoms with Gasteiger partial charge in [-0.1, -0.05) is 54.1 Å². The lowest BCUT2D eigenvalue weighted by atomic mass is 9.92. The maximum Gasteiger partial charge on any atom is 0.253 e. The molecule has 172 valence electrons. The van der Waals surface area contributed by atoms with Crippen LogP contribution in [-0.2, 0) is 16.8 Å². The highest BCUT2D eigenvalue weighted by Crippen LogP contribution is 2.66. The van der Waals surface area contributed by atoms with Crippen LogP contribution in [0, 0.1) is 0 Å². The minimum absolute atomic E-state index is 0.0937. The molecular formula is C29H27ClN2O2. The molecule has 2 atom stereocenters. The summed E-state index contributed by atoms with van der Waals surface area (Å²) in [5, 5.41) is 0.706. The Morgan fingerprint density at radius 2 is 1.71 bits per heavy atom. The van der Waals surface area contributed by atoms with E-state index in [9.17, 15) is 9.59 Å². The van der Waals surface area contributed by atoms with Crippen LogP contribution in [-0.4, -0.2) is 29.8 Å². The molecule has 2 fully saturated rings. The molecule has 3 aliphatic rings. The molecule has 3 aromatic rings. The topological polar surface area (TPSA) is 40.6 Å². The van der Waals surface area contributed by atoms with Crippen LogP contribution in [0.2, 0.25) is 5.02 Å². The fraction of sp³-hybridized carbons (Fsp3) is 0.310. The lowest BCUT2D eigenvalue weighted by Gasteiger charge is -2.27. The number of para-hydroxylation sites is 1. The van der Waals surface area contributed by atoms with Crippen LogP contribution >= 0.6 is 11.6 Å². The van der Waals surface area contributed by atoms with E-state index in [0.717, 1.165) is 54.7 Å². The van der Waals surface area contributed by atoms with Gasteiger partial charge in [-0.2, -0.15) is 0 Å². The molecule has 4 nitrogen and oxygen atoms in total. The van der Waals surface area contributed by atoms with Gasteiger partial charge in [0.25, 0.3) is 5.91 Å². The monoisotopic (exact) mass is 470 g/mol. The summed E-state index contributed by atoms with van der Waals surface area (Å²) in [5.74, 6) is 0.410. The van der Waals surface area contributed by atoms with E-state index in [1.807, 2.05) is 76.5 Å². The number of carbonyl (C=O) groups excluding carboxylic acids is 2. The Labute approximate surface area is 205 Å². The molecule has 1 saturated heterocycles. The zero-order chi connectivity index (χ0) is 23.3. The standard InChI is InChI=1S/C29H27ClN2O2/c30-23-13-11-21(12-14-23)25-18-29(25)24-9-2-3-10-26(24)32(28(29)34)19-20-7-6-8-22(17-20)27(33)31-15-4-1-5-16-31/h2-3,6-14,17,25H,1,4-5,15-16,18-19H2/t25-,29-/m0/s1. The highest BCUT2D eigenvalue weighted by Gasteiger charge is 2.67. The van der Waals surface area contributed by atoms with Crippen molar-refractivity contribution in [2.75, 3.05) is 18.0 Å².